The molecule has 1 N–H and O–H groups in total. The highest BCUT2D eigenvalue weighted by Crippen LogP contribution is 2.40. The lowest BCUT2D eigenvalue weighted by Crippen LogP contribution is -2.22. The lowest BCUT2D eigenvalue weighted by atomic mass is 10.2. The number of carboxylic acid groups (broad SMARTS) is 1. The number of hydrogen-bond donors (Lipinski definition) is 1. The van der Waals surface area contributed by atoms with Gasteiger partial charge in [0.2, 0.25) is 5.95 Å². The normalized spacial score (nSPS) is 13.7. The summed E-state index contributed by atoms with van der Waals surface area (Å²) in [7, 11) is 0. The van der Waals surface area contributed by atoms with Crippen LogP contribution in [0.2, 0.25) is 0 Å². The van der Waals surface area contributed by atoms with E-state index < -0.39 is 5.97 Å². The van der Waals surface area contributed by atoms with E-state index >= 15 is 0 Å². The van der Waals surface area contributed by atoms with E-state index in [4.69, 9.17) is 10.1 Å². The first kappa shape index (κ1) is 16.4. The second-order valence-corrected chi connectivity index (χ2v) is 6.35. The van der Waals surface area contributed by atoms with Crippen LogP contribution in [0.5, 0.6) is 0 Å². The second-order valence-electron chi connectivity index (χ2n) is 6.35. The van der Waals surface area contributed by atoms with Crippen molar-refractivity contribution in [2.75, 3.05) is 11.4 Å². The van der Waals surface area contributed by atoms with Crippen molar-refractivity contribution in [2.24, 2.45) is 0 Å². The summed E-state index contributed by atoms with van der Waals surface area (Å²) < 4.78 is 0. The fourth-order valence-corrected chi connectivity index (χ4v) is 2.78. The first-order chi connectivity index (χ1) is 11.6. The summed E-state index contributed by atoms with van der Waals surface area (Å²) in [6.45, 7) is 2.72. The molecule has 0 spiro atoms. The Kier molecular flexibility index (Phi) is 5.08. The van der Waals surface area contributed by atoms with Crippen LogP contribution in [0.25, 0.3) is 0 Å². The van der Waals surface area contributed by atoms with E-state index in [0.717, 1.165) is 29.4 Å². The third-order valence-corrected chi connectivity index (χ3v) is 4.19. The number of benzene rings is 1. The van der Waals surface area contributed by atoms with Gasteiger partial charge in [-0.25, -0.2) is 9.97 Å². The number of carbonyl (C=O) groups is 1. The van der Waals surface area contributed by atoms with Crippen molar-refractivity contribution in [3.05, 3.63) is 47.8 Å². The van der Waals surface area contributed by atoms with E-state index in [0.29, 0.717) is 18.9 Å². The number of aliphatic carboxylic acids is 1. The molecule has 1 aromatic heterocycles. The fraction of sp³-hybridized carbons (Fsp3) is 0.421. The molecular formula is C19H23N3O2. The summed E-state index contributed by atoms with van der Waals surface area (Å²) in [5, 5.41) is 8.82. The minimum absolute atomic E-state index is 0.199. The zero-order valence-corrected chi connectivity index (χ0v) is 14.0. The van der Waals surface area contributed by atoms with Crippen LogP contribution in [0, 0.1) is 6.92 Å². The van der Waals surface area contributed by atoms with Gasteiger partial charge in [0.05, 0.1) is 0 Å². The first-order valence-electron chi connectivity index (χ1n) is 8.53. The number of hydrogen-bond acceptors (Lipinski definition) is 4. The molecular weight excluding hydrogens is 302 g/mol. The zero-order chi connectivity index (χ0) is 16.9. The minimum Gasteiger partial charge on any atom is -0.481 e. The van der Waals surface area contributed by atoms with Crippen LogP contribution in [0.3, 0.4) is 0 Å². The molecule has 1 aliphatic rings. The standard InChI is InChI=1S/C19H23N3O2/c1-14-13-17(15-10-11-15)21-19(20-14)22(12-6-5-9-18(23)24)16-7-3-2-4-8-16/h2-4,7-8,13,15H,5-6,9-12H2,1H3,(H,23,24). The van der Waals surface area contributed by atoms with Gasteiger partial charge in [-0.3, -0.25) is 4.79 Å². The lowest BCUT2D eigenvalue weighted by molar-refractivity contribution is -0.137. The average molecular weight is 325 g/mol. The molecule has 1 aliphatic carbocycles. The number of rotatable bonds is 8. The summed E-state index contributed by atoms with van der Waals surface area (Å²) >= 11 is 0. The third kappa shape index (κ3) is 4.31. The molecule has 3 rings (SSSR count). The number of aromatic nitrogens is 2. The Morgan fingerprint density at radius 1 is 1.21 bits per heavy atom. The van der Waals surface area contributed by atoms with Gasteiger partial charge >= 0.3 is 5.97 Å². The van der Waals surface area contributed by atoms with Crippen molar-refractivity contribution in [3.63, 3.8) is 0 Å². The second kappa shape index (κ2) is 7.43. The van der Waals surface area contributed by atoms with Gasteiger partial charge in [-0.1, -0.05) is 18.2 Å². The molecule has 0 radical (unpaired) electrons. The molecule has 1 fully saturated rings. The number of aryl methyl sites for hydroxylation is 1. The largest absolute Gasteiger partial charge is 0.481 e. The Morgan fingerprint density at radius 3 is 2.62 bits per heavy atom. The van der Waals surface area contributed by atoms with Crippen LogP contribution in [-0.2, 0) is 4.79 Å². The van der Waals surface area contributed by atoms with Gasteiger partial charge in [-0.2, -0.15) is 0 Å². The molecule has 1 saturated carbocycles. The van der Waals surface area contributed by atoms with Gasteiger partial charge in [-0.05, 0) is 50.8 Å². The molecule has 0 unspecified atom stereocenters. The average Bonchev–Trinajstić information content (AvgIpc) is 3.40. The number of anilines is 2. The molecule has 0 atom stereocenters. The molecule has 0 amide bonds. The van der Waals surface area contributed by atoms with Gasteiger partial charge in [0.1, 0.15) is 0 Å². The smallest absolute Gasteiger partial charge is 0.303 e. The van der Waals surface area contributed by atoms with Crippen LogP contribution < -0.4 is 4.90 Å². The maximum Gasteiger partial charge on any atom is 0.303 e. The number of carboxylic acids is 1. The SMILES string of the molecule is Cc1cc(C2CC2)nc(N(CCCCC(=O)O)c2ccccc2)n1. The summed E-state index contributed by atoms with van der Waals surface area (Å²) in [4.78, 5) is 22.2. The summed E-state index contributed by atoms with van der Waals surface area (Å²) in [6, 6.07) is 12.1. The van der Waals surface area contributed by atoms with Crippen LogP contribution in [0.1, 0.15) is 49.4 Å². The van der Waals surface area contributed by atoms with Gasteiger partial charge < -0.3 is 10.0 Å². The quantitative estimate of drug-likeness (QED) is 0.742. The van der Waals surface area contributed by atoms with Gasteiger partial charge in [0.15, 0.2) is 0 Å². The Labute approximate surface area is 142 Å². The van der Waals surface area contributed by atoms with Crippen molar-refractivity contribution < 1.29 is 9.90 Å². The molecule has 0 bridgehead atoms. The van der Waals surface area contributed by atoms with Crippen LogP contribution in [0.4, 0.5) is 11.6 Å². The van der Waals surface area contributed by atoms with Gasteiger partial charge in [-0.15, -0.1) is 0 Å². The maximum atomic E-state index is 10.7. The topological polar surface area (TPSA) is 66.3 Å². The number of para-hydroxylation sites is 1. The van der Waals surface area contributed by atoms with Crippen molar-refractivity contribution in [1.82, 2.24) is 9.97 Å². The van der Waals surface area contributed by atoms with E-state index in [-0.39, 0.29) is 6.42 Å². The Balaban J connectivity index is 1.82. The number of unbranched alkanes of at least 4 members (excludes halogenated alkanes) is 1. The Morgan fingerprint density at radius 2 is 1.96 bits per heavy atom. The highest BCUT2D eigenvalue weighted by atomic mass is 16.4. The summed E-state index contributed by atoms with van der Waals surface area (Å²) in [5.41, 5.74) is 3.15. The maximum absolute atomic E-state index is 10.7. The van der Waals surface area contributed by atoms with Crippen LogP contribution >= 0.6 is 0 Å². The predicted molar refractivity (Wildman–Crippen MR) is 93.7 cm³/mol. The van der Waals surface area contributed by atoms with Crippen LogP contribution in [0.15, 0.2) is 36.4 Å². The molecule has 126 valence electrons. The van der Waals surface area contributed by atoms with Gasteiger partial charge in [0, 0.05) is 36.0 Å². The van der Waals surface area contributed by atoms with E-state index in [1.54, 1.807) is 0 Å². The van der Waals surface area contributed by atoms with Crippen molar-refractivity contribution in [2.45, 2.75) is 44.9 Å². The highest BCUT2D eigenvalue weighted by molar-refractivity contribution is 5.66. The molecule has 0 saturated heterocycles. The fourth-order valence-electron chi connectivity index (χ4n) is 2.78. The number of nitrogens with zero attached hydrogens (tertiary/aromatic N) is 3. The monoisotopic (exact) mass is 325 g/mol. The van der Waals surface area contributed by atoms with Crippen LogP contribution in [-0.4, -0.2) is 27.6 Å². The first-order valence-corrected chi connectivity index (χ1v) is 8.53. The molecule has 1 heterocycles. The van der Waals surface area contributed by atoms with Crippen molar-refractivity contribution >= 4 is 17.6 Å². The summed E-state index contributed by atoms with van der Waals surface area (Å²) in [6.07, 6.45) is 4.06. The highest BCUT2D eigenvalue weighted by Gasteiger charge is 2.26. The summed E-state index contributed by atoms with van der Waals surface area (Å²) in [5.74, 6) is 0.553. The van der Waals surface area contributed by atoms with E-state index in [1.807, 2.05) is 37.3 Å². The zero-order valence-electron chi connectivity index (χ0n) is 14.0. The minimum atomic E-state index is -0.746. The van der Waals surface area contributed by atoms with Gasteiger partial charge in [0.25, 0.3) is 0 Å². The molecule has 2 aromatic rings. The molecule has 5 heteroatoms. The molecule has 5 nitrogen and oxygen atoms in total. The molecule has 24 heavy (non-hydrogen) atoms. The van der Waals surface area contributed by atoms with E-state index in [9.17, 15) is 4.79 Å². The van der Waals surface area contributed by atoms with E-state index in [1.165, 1.54) is 12.8 Å². The molecule has 1 aromatic carbocycles. The Bertz CT molecular complexity index is 699. The predicted octanol–water partition coefficient (Wildman–Crippen LogP) is 4.06. The van der Waals surface area contributed by atoms with Crippen molar-refractivity contribution in [3.8, 4) is 0 Å². The molecule has 0 aliphatic heterocycles. The third-order valence-electron chi connectivity index (χ3n) is 4.19. The Hall–Kier alpha value is -2.43. The van der Waals surface area contributed by atoms with Crippen molar-refractivity contribution in [1.29, 1.82) is 0 Å². The lowest BCUT2D eigenvalue weighted by Gasteiger charge is -2.23. The van der Waals surface area contributed by atoms with E-state index in [2.05, 4.69) is 16.0 Å².